The molecule has 0 saturated heterocycles. The maximum atomic E-state index is 12.2. The molecule has 146 valence electrons. The molecule has 0 bridgehead atoms. The second-order valence-electron chi connectivity index (χ2n) is 7.32. The molecule has 8 heteroatoms. The lowest BCUT2D eigenvalue weighted by Crippen LogP contribution is -2.41. The van der Waals surface area contributed by atoms with Crippen molar-refractivity contribution in [3.8, 4) is 0 Å². The number of nitrogens with two attached hydrogens (primary N) is 1. The molecular formula is C19H26N4O4. The fraction of sp³-hybridized carbons (Fsp3) is 0.474. The standard InChI is InChI=1S/C19H26N4O4/c1-5-12-6-8-13(9-7-12)10-14(26-18(25)21-19(2,3)4)17-23-22-16(27-17)11-15(20)24/h6-9,14H,5,10-11H2,1-4H3,(H2,20,24)(H,21,25)/t14-/m0/s1. The molecule has 27 heavy (non-hydrogen) atoms. The number of rotatable bonds is 7. The average molecular weight is 374 g/mol. The number of aromatic nitrogens is 2. The van der Waals surface area contributed by atoms with Crippen LogP contribution < -0.4 is 11.1 Å². The van der Waals surface area contributed by atoms with E-state index in [9.17, 15) is 9.59 Å². The fourth-order valence-corrected chi connectivity index (χ4v) is 2.39. The van der Waals surface area contributed by atoms with Crippen LogP contribution in [0.25, 0.3) is 0 Å². The third-order valence-electron chi connectivity index (χ3n) is 3.66. The van der Waals surface area contributed by atoms with Gasteiger partial charge in [-0.1, -0.05) is 31.2 Å². The molecule has 1 aromatic heterocycles. The first-order chi connectivity index (χ1) is 12.7. The van der Waals surface area contributed by atoms with Crippen LogP contribution in [0, 0.1) is 0 Å². The number of carbonyl (C=O) groups is 2. The summed E-state index contributed by atoms with van der Waals surface area (Å²) >= 11 is 0. The van der Waals surface area contributed by atoms with E-state index in [1.54, 1.807) is 0 Å². The van der Waals surface area contributed by atoms with E-state index >= 15 is 0 Å². The summed E-state index contributed by atoms with van der Waals surface area (Å²) in [5.74, 6) is -0.373. The summed E-state index contributed by atoms with van der Waals surface area (Å²) in [6, 6.07) is 7.98. The van der Waals surface area contributed by atoms with Gasteiger partial charge in [0.25, 0.3) is 5.89 Å². The van der Waals surface area contributed by atoms with Gasteiger partial charge in [-0.3, -0.25) is 4.79 Å². The van der Waals surface area contributed by atoms with Crippen molar-refractivity contribution in [1.29, 1.82) is 0 Å². The van der Waals surface area contributed by atoms with Gasteiger partial charge in [-0.25, -0.2) is 4.79 Å². The van der Waals surface area contributed by atoms with Gasteiger partial charge < -0.3 is 20.2 Å². The van der Waals surface area contributed by atoms with Gasteiger partial charge >= 0.3 is 6.09 Å². The number of hydrogen-bond acceptors (Lipinski definition) is 6. The Bertz CT molecular complexity index is 778. The molecule has 0 unspecified atom stereocenters. The second-order valence-corrected chi connectivity index (χ2v) is 7.32. The molecule has 0 aliphatic heterocycles. The predicted octanol–water partition coefficient (Wildman–Crippen LogP) is 2.47. The number of primary amides is 1. The minimum absolute atomic E-state index is 0.0867. The first kappa shape index (κ1) is 20.4. The Balaban J connectivity index is 2.20. The van der Waals surface area contributed by atoms with Gasteiger partial charge in [-0.2, -0.15) is 0 Å². The van der Waals surface area contributed by atoms with Crippen molar-refractivity contribution in [3.05, 3.63) is 47.2 Å². The zero-order valence-electron chi connectivity index (χ0n) is 16.1. The Labute approximate surface area is 158 Å². The van der Waals surface area contributed by atoms with E-state index < -0.39 is 23.6 Å². The topological polar surface area (TPSA) is 120 Å². The van der Waals surface area contributed by atoms with Gasteiger partial charge in [0.15, 0.2) is 6.10 Å². The zero-order valence-corrected chi connectivity index (χ0v) is 16.1. The number of hydrogen-bond donors (Lipinski definition) is 2. The van der Waals surface area contributed by atoms with Gasteiger partial charge in [0.1, 0.15) is 6.42 Å². The molecule has 0 spiro atoms. The molecule has 2 aromatic rings. The number of ether oxygens (including phenoxy) is 1. The molecule has 3 N–H and O–H groups in total. The van der Waals surface area contributed by atoms with Gasteiger partial charge in [-0.05, 0) is 38.3 Å². The molecule has 0 radical (unpaired) electrons. The highest BCUT2D eigenvalue weighted by Gasteiger charge is 2.26. The normalized spacial score (nSPS) is 12.4. The highest BCUT2D eigenvalue weighted by atomic mass is 16.6. The van der Waals surface area contributed by atoms with E-state index in [1.165, 1.54) is 5.56 Å². The van der Waals surface area contributed by atoms with Crippen molar-refractivity contribution in [2.24, 2.45) is 5.73 Å². The summed E-state index contributed by atoms with van der Waals surface area (Å²) < 4.78 is 11.0. The second kappa shape index (κ2) is 8.66. The first-order valence-electron chi connectivity index (χ1n) is 8.83. The SMILES string of the molecule is CCc1ccc(C[C@H](OC(=O)NC(C)(C)C)c2nnc(CC(N)=O)o2)cc1. The number of amides is 2. The highest BCUT2D eigenvalue weighted by Crippen LogP contribution is 2.23. The maximum Gasteiger partial charge on any atom is 0.408 e. The number of benzene rings is 1. The lowest BCUT2D eigenvalue weighted by molar-refractivity contribution is -0.117. The van der Waals surface area contributed by atoms with Crippen LogP contribution in [0.5, 0.6) is 0 Å². The average Bonchev–Trinajstić information content (AvgIpc) is 3.01. The van der Waals surface area contributed by atoms with Crippen LogP contribution in [-0.4, -0.2) is 27.7 Å². The first-order valence-corrected chi connectivity index (χ1v) is 8.83. The minimum Gasteiger partial charge on any atom is -0.436 e. The Hall–Kier alpha value is -2.90. The maximum absolute atomic E-state index is 12.2. The van der Waals surface area contributed by atoms with Gasteiger partial charge in [0.2, 0.25) is 11.8 Å². The lowest BCUT2D eigenvalue weighted by atomic mass is 10.0. The minimum atomic E-state index is -0.783. The van der Waals surface area contributed by atoms with Crippen LogP contribution in [0.3, 0.4) is 0 Å². The Morgan fingerprint density at radius 2 is 1.81 bits per heavy atom. The lowest BCUT2D eigenvalue weighted by Gasteiger charge is -2.22. The van der Waals surface area contributed by atoms with Crippen LogP contribution in [0.15, 0.2) is 28.7 Å². The Morgan fingerprint density at radius 3 is 2.37 bits per heavy atom. The molecule has 1 heterocycles. The van der Waals surface area contributed by atoms with Crippen molar-refractivity contribution < 1.29 is 18.7 Å². The van der Waals surface area contributed by atoms with Crippen LogP contribution in [0.4, 0.5) is 4.79 Å². The number of alkyl carbamates (subject to hydrolysis) is 1. The van der Waals surface area contributed by atoms with Crippen molar-refractivity contribution in [3.63, 3.8) is 0 Å². The van der Waals surface area contributed by atoms with Crippen molar-refractivity contribution in [1.82, 2.24) is 15.5 Å². The monoisotopic (exact) mass is 374 g/mol. The van der Waals surface area contributed by atoms with Crippen LogP contribution in [0.1, 0.15) is 56.7 Å². The molecule has 8 nitrogen and oxygen atoms in total. The Kier molecular flexibility index (Phi) is 6.55. The summed E-state index contributed by atoms with van der Waals surface area (Å²) in [4.78, 5) is 23.3. The summed E-state index contributed by atoms with van der Waals surface area (Å²) in [5, 5.41) is 10.5. The van der Waals surface area contributed by atoms with E-state index in [0.717, 1.165) is 12.0 Å². The molecule has 0 aliphatic rings. The molecule has 0 aliphatic carbocycles. The van der Waals surface area contributed by atoms with E-state index in [4.69, 9.17) is 14.9 Å². The molecule has 1 atom stereocenters. The smallest absolute Gasteiger partial charge is 0.408 e. The number of nitrogens with zero attached hydrogens (tertiary/aromatic N) is 2. The molecule has 2 rings (SSSR count). The summed E-state index contributed by atoms with van der Waals surface area (Å²) in [6.45, 7) is 7.63. The van der Waals surface area contributed by atoms with Crippen molar-refractivity contribution in [2.75, 3.05) is 0 Å². The fourth-order valence-electron chi connectivity index (χ4n) is 2.39. The third-order valence-corrected chi connectivity index (χ3v) is 3.66. The number of nitrogens with one attached hydrogen (secondary N) is 1. The molecular weight excluding hydrogens is 348 g/mol. The van der Waals surface area contributed by atoms with Crippen molar-refractivity contribution in [2.45, 2.75) is 58.6 Å². The number of carbonyl (C=O) groups excluding carboxylic acids is 2. The molecule has 1 aromatic carbocycles. The van der Waals surface area contributed by atoms with E-state index in [1.807, 2.05) is 45.0 Å². The van der Waals surface area contributed by atoms with Gasteiger partial charge in [0, 0.05) is 12.0 Å². The highest BCUT2D eigenvalue weighted by molar-refractivity contribution is 5.75. The van der Waals surface area contributed by atoms with Crippen LogP contribution in [0.2, 0.25) is 0 Å². The van der Waals surface area contributed by atoms with Crippen LogP contribution >= 0.6 is 0 Å². The van der Waals surface area contributed by atoms with Crippen molar-refractivity contribution >= 4 is 12.0 Å². The van der Waals surface area contributed by atoms with E-state index in [2.05, 4.69) is 22.4 Å². The summed E-state index contributed by atoms with van der Waals surface area (Å²) in [5.41, 5.74) is 6.87. The van der Waals surface area contributed by atoms with Gasteiger partial charge in [0.05, 0.1) is 0 Å². The Morgan fingerprint density at radius 1 is 1.19 bits per heavy atom. The summed E-state index contributed by atoms with van der Waals surface area (Å²) in [6.07, 6.45) is -0.242. The van der Waals surface area contributed by atoms with Crippen LogP contribution in [-0.2, 0) is 28.8 Å². The van der Waals surface area contributed by atoms with E-state index in [0.29, 0.717) is 6.42 Å². The number of aryl methyl sites for hydroxylation is 1. The van der Waals surface area contributed by atoms with E-state index in [-0.39, 0.29) is 18.2 Å². The molecule has 0 saturated carbocycles. The molecule has 0 fully saturated rings. The molecule has 2 amide bonds. The summed E-state index contributed by atoms with van der Waals surface area (Å²) in [7, 11) is 0. The quantitative estimate of drug-likeness (QED) is 0.768. The van der Waals surface area contributed by atoms with Gasteiger partial charge in [-0.15, -0.1) is 10.2 Å². The largest absolute Gasteiger partial charge is 0.436 e. The zero-order chi connectivity index (χ0) is 20.0. The third kappa shape index (κ3) is 6.73. The predicted molar refractivity (Wildman–Crippen MR) is 98.8 cm³/mol.